The van der Waals surface area contributed by atoms with Gasteiger partial charge < -0.3 is 4.74 Å². The first-order chi connectivity index (χ1) is 9.30. The van der Waals surface area contributed by atoms with Crippen molar-refractivity contribution in [2.24, 2.45) is 17.7 Å². The number of nitrogens with one attached hydrogen (secondary N) is 1. The summed E-state index contributed by atoms with van der Waals surface area (Å²) in [7, 11) is 1.72. The van der Waals surface area contributed by atoms with E-state index in [1.807, 2.05) is 12.1 Å². The molecule has 1 aliphatic rings. The molecular weight excluding hydrogens is 236 g/mol. The van der Waals surface area contributed by atoms with E-state index in [0.717, 1.165) is 11.7 Å². The summed E-state index contributed by atoms with van der Waals surface area (Å²) in [6.45, 7) is 2.29. The predicted octanol–water partition coefficient (Wildman–Crippen LogP) is 3.42. The number of benzene rings is 1. The van der Waals surface area contributed by atoms with E-state index in [-0.39, 0.29) is 6.04 Å². The standard InChI is InChI=1S/C16H26N2O/c1-3-12-7-6-8-13(11-12)16(18-17)14-9-4-5-10-15(14)19-2/h4-5,9-10,12-13,16,18H,3,6-8,11,17H2,1-2H3. The molecule has 1 aromatic rings. The summed E-state index contributed by atoms with van der Waals surface area (Å²) in [6.07, 6.45) is 6.49. The van der Waals surface area contributed by atoms with Gasteiger partial charge in [-0.05, 0) is 30.7 Å². The third-order valence-electron chi connectivity index (χ3n) is 4.53. The summed E-state index contributed by atoms with van der Waals surface area (Å²) in [5.41, 5.74) is 4.22. The van der Waals surface area contributed by atoms with E-state index in [4.69, 9.17) is 10.6 Å². The summed E-state index contributed by atoms with van der Waals surface area (Å²) in [5.74, 6) is 8.24. The molecular formula is C16H26N2O. The molecule has 0 saturated heterocycles. The molecule has 0 aliphatic heterocycles. The van der Waals surface area contributed by atoms with Crippen molar-refractivity contribution in [3.05, 3.63) is 29.8 Å². The lowest BCUT2D eigenvalue weighted by atomic mass is 9.75. The van der Waals surface area contributed by atoms with Crippen LogP contribution in [0.2, 0.25) is 0 Å². The number of ether oxygens (including phenoxy) is 1. The minimum atomic E-state index is 0.200. The Morgan fingerprint density at radius 1 is 1.37 bits per heavy atom. The van der Waals surface area contributed by atoms with Crippen molar-refractivity contribution in [3.8, 4) is 5.75 Å². The van der Waals surface area contributed by atoms with Gasteiger partial charge in [-0.1, -0.05) is 44.4 Å². The Morgan fingerprint density at radius 2 is 2.16 bits per heavy atom. The quantitative estimate of drug-likeness (QED) is 0.631. The molecule has 3 N–H and O–H groups in total. The van der Waals surface area contributed by atoms with Crippen molar-refractivity contribution in [1.29, 1.82) is 0 Å². The van der Waals surface area contributed by atoms with E-state index >= 15 is 0 Å². The number of nitrogens with two attached hydrogens (primary N) is 1. The van der Waals surface area contributed by atoms with Crippen LogP contribution in [0.1, 0.15) is 50.6 Å². The number of hydrazine groups is 1. The minimum Gasteiger partial charge on any atom is -0.496 e. The van der Waals surface area contributed by atoms with E-state index in [2.05, 4.69) is 24.5 Å². The van der Waals surface area contributed by atoms with Crippen LogP contribution < -0.4 is 16.0 Å². The second-order valence-electron chi connectivity index (χ2n) is 5.59. The number of methoxy groups -OCH3 is 1. The van der Waals surface area contributed by atoms with Crippen LogP contribution in [0.4, 0.5) is 0 Å². The molecule has 1 fully saturated rings. The van der Waals surface area contributed by atoms with Crippen LogP contribution in [-0.4, -0.2) is 7.11 Å². The maximum Gasteiger partial charge on any atom is 0.123 e. The van der Waals surface area contributed by atoms with Crippen molar-refractivity contribution in [1.82, 2.24) is 5.43 Å². The summed E-state index contributed by atoms with van der Waals surface area (Å²) in [6, 6.07) is 8.40. The van der Waals surface area contributed by atoms with E-state index in [1.54, 1.807) is 7.11 Å². The first-order valence-electron chi connectivity index (χ1n) is 7.39. The zero-order valence-corrected chi connectivity index (χ0v) is 12.1. The Kier molecular flexibility index (Phi) is 5.23. The Hall–Kier alpha value is -1.06. The molecule has 3 atom stereocenters. The third-order valence-corrected chi connectivity index (χ3v) is 4.53. The summed E-state index contributed by atoms with van der Waals surface area (Å²) in [4.78, 5) is 0. The molecule has 0 spiro atoms. The summed E-state index contributed by atoms with van der Waals surface area (Å²) in [5, 5.41) is 0. The predicted molar refractivity (Wildman–Crippen MR) is 78.8 cm³/mol. The molecule has 0 aromatic heterocycles. The van der Waals surface area contributed by atoms with Crippen LogP contribution in [0, 0.1) is 11.8 Å². The maximum absolute atomic E-state index is 5.84. The van der Waals surface area contributed by atoms with Gasteiger partial charge in [-0.3, -0.25) is 11.3 Å². The zero-order chi connectivity index (χ0) is 13.7. The highest BCUT2D eigenvalue weighted by molar-refractivity contribution is 5.36. The first-order valence-corrected chi connectivity index (χ1v) is 7.39. The summed E-state index contributed by atoms with van der Waals surface area (Å²) >= 11 is 0. The molecule has 3 heteroatoms. The van der Waals surface area contributed by atoms with Crippen molar-refractivity contribution < 1.29 is 4.74 Å². The Balaban J connectivity index is 2.19. The molecule has 0 heterocycles. The fourth-order valence-electron chi connectivity index (χ4n) is 3.41. The van der Waals surface area contributed by atoms with E-state index < -0.39 is 0 Å². The topological polar surface area (TPSA) is 47.3 Å². The average molecular weight is 262 g/mol. The number of hydrogen-bond donors (Lipinski definition) is 2. The molecule has 1 saturated carbocycles. The van der Waals surface area contributed by atoms with Gasteiger partial charge in [-0.2, -0.15) is 0 Å². The number of rotatable bonds is 5. The molecule has 1 aliphatic carbocycles. The Bertz CT molecular complexity index is 394. The molecule has 0 amide bonds. The third kappa shape index (κ3) is 3.28. The number of para-hydroxylation sites is 1. The van der Waals surface area contributed by atoms with Gasteiger partial charge in [0.25, 0.3) is 0 Å². The van der Waals surface area contributed by atoms with Crippen molar-refractivity contribution in [2.75, 3.05) is 7.11 Å². The van der Waals surface area contributed by atoms with Gasteiger partial charge in [0, 0.05) is 5.56 Å². The first kappa shape index (κ1) is 14.4. The van der Waals surface area contributed by atoms with Gasteiger partial charge >= 0.3 is 0 Å². The summed E-state index contributed by atoms with van der Waals surface area (Å²) < 4.78 is 5.48. The molecule has 3 nitrogen and oxygen atoms in total. The Morgan fingerprint density at radius 3 is 2.84 bits per heavy atom. The van der Waals surface area contributed by atoms with Crippen LogP contribution >= 0.6 is 0 Å². The van der Waals surface area contributed by atoms with Crippen LogP contribution in [0.3, 0.4) is 0 Å². The van der Waals surface area contributed by atoms with E-state index in [0.29, 0.717) is 5.92 Å². The molecule has 106 valence electrons. The smallest absolute Gasteiger partial charge is 0.123 e. The van der Waals surface area contributed by atoms with Crippen molar-refractivity contribution >= 4 is 0 Å². The second kappa shape index (κ2) is 6.92. The van der Waals surface area contributed by atoms with Gasteiger partial charge in [0.15, 0.2) is 0 Å². The monoisotopic (exact) mass is 262 g/mol. The molecule has 19 heavy (non-hydrogen) atoms. The highest BCUT2D eigenvalue weighted by atomic mass is 16.5. The van der Waals surface area contributed by atoms with Crippen LogP contribution in [-0.2, 0) is 0 Å². The second-order valence-corrected chi connectivity index (χ2v) is 5.59. The lowest BCUT2D eigenvalue weighted by molar-refractivity contribution is 0.207. The van der Waals surface area contributed by atoms with Crippen molar-refractivity contribution in [3.63, 3.8) is 0 Å². The van der Waals surface area contributed by atoms with Gasteiger partial charge in [0.2, 0.25) is 0 Å². The largest absolute Gasteiger partial charge is 0.496 e. The molecule has 0 bridgehead atoms. The molecule has 3 unspecified atom stereocenters. The molecule has 1 aromatic carbocycles. The van der Waals surface area contributed by atoms with Gasteiger partial charge in [-0.15, -0.1) is 0 Å². The Labute approximate surface area is 116 Å². The van der Waals surface area contributed by atoms with Gasteiger partial charge in [0.1, 0.15) is 5.75 Å². The van der Waals surface area contributed by atoms with E-state index in [1.165, 1.54) is 37.7 Å². The van der Waals surface area contributed by atoms with E-state index in [9.17, 15) is 0 Å². The molecule has 2 rings (SSSR count). The van der Waals surface area contributed by atoms with Gasteiger partial charge in [0.05, 0.1) is 13.2 Å². The normalized spacial score (nSPS) is 25.0. The lowest BCUT2D eigenvalue weighted by Crippen LogP contribution is -2.36. The van der Waals surface area contributed by atoms with Crippen molar-refractivity contribution in [2.45, 2.75) is 45.1 Å². The average Bonchev–Trinajstić information content (AvgIpc) is 2.49. The fraction of sp³-hybridized carbons (Fsp3) is 0.625. The maximum atomic E-state index is 5.84. The highest BCUT2D eigenvalue weighted by Crippen LogP contribution is 2.40. The van der Waals surface area contributed by atoms with Crippen LogP contribution in [0.25, 0.3) is 0 Å². The molecule has 0 radical (unpaired) electrons. The zero-order valence-electron chi connectivity index (χ0n) is 12.1. The highest BCUT2D eigenvalue weighted by Gasteiger charge is 2.29. The fourth-order valence-corrected chi connectivity index (χ4v) is 3.41. The van der Waals surface area contributed by atoms with Gasteiger partial charge in [-0.25, -0.2) is 0 Å². The minimum absolute atomic E-state index is 0.200. The number of hydrogen-bond acceptors (Lipinski definition) is 3. The van der Waals surface area contributed by atoms with Crippen LogP contribution in [0.15, 0.2) is 24.3 Å². The SMILES string of the molecule is CCC1CCCC(C(NN)c2ccccc2OC)C1. The van der Waals surface area contributed by atoms with Crippen LogP contribution in [0.5, 0.6) is 5.75 Å². The lowest BCUT2D eigenvalue weighted by Gasteiger charge is -2.34.